The van der Waals surface area contributed by atoms with Crippen LogP contribution in [0.5, 0.6) is 0 Å². The highest BCUT2D eigenvalue weighted by Gasteiger charge is 2.28. The van der Waals surface area contributed by atoms with Crippen molar-refractivity contribution in [1.82, 2.24) is 10.2 Å². The number of ether oxygens (including phenoxy) is 1. The molecule has 0 unspecified atom stereocenters. The van der Waals surface area contributed by atoms with Gasteiger partial charge < -0.3 is 15.0 Å². The van der Waals surface area contributed by atoms with Crippen LogP contribution in [0.1, 0.15) is 0 Å². The van der Waals surface area contributed by atoms with Crippen molar-refractivity contribution in [3.8, 4) is 0 Å². The van der Waals surface area contributed by atoms with E-state index in [1.165, 1.54) is 4.90 Å². The molecule has 8 heteroatoms. The minimum absolute atomic E-state index is 0. The lowest BCUT2D eigenvalue weighted by atomic mass is 10.3. The van der Waals surface area contributed by atoms with Crippen molar-refractivity contribution in [2.24, 2.45) is 0 Å². The maximum absolute atomic E-state index is 11.7. The Morgan fingerprint density at radius 1 is 1.31 bits per heavy atom. The number of hydrogen-bond donors (Lipinski definition) is 1. The van der Waals surface area contributed by atoms with E-state index in [0.29, 0.717) is 26.2 Å². The molecule has 0 aromatic heterocycles. The van der Waals surface area contributed by atoms with E-state index in [2.05, 4.69) is 10.1 Å². The summed E-state index contributed by atoms with van der Waals surface area (Å²) in [6.07, 6.45) is -4.37. The number of alkyl halides is 3. The van der Waals surface area contributed by atoms with Crippen LogP contribution in [0.25, 0.3) is 0 Å². The average molecular weight is 263 g/mol. The Hall–Kier alpha value is -0.530. The molecular weight excluding hydrogens is 249 g/mol. The van der Waals surface area contributed by atoms with Crippen LogP contribution in [0, 0.1) is 0 Å². The molecule has 1 heterocycles. The summed E-state index contributed by atoms with van der Waals surface area (Å²) in [6, 6.07) is 0. The van der Waals surface area contributed by atoms with Crippen LogP contribution in [0.2, 0.25) is 0 Å². The number of nitrogens with one attached hydrogen (secondary N) is 1. The highest BCUT2D eigenvalue weighted by atomic mass is 35.5. The van der Waals surface area contributed by atoms with Crippen molar-refractivity contribution < 1.29 is 22.7 Å². The maximum Gasteiger partial charge on any atom is 0.411 e. The summed E-state index contributed by atoms with van der Waals surface area (Å²) in [7, 11) is 0. The van der Waals surface area contributed by atoms with Gasteiger partial charge in [0.15, 0.2) is 0 Å². The molecule has 0 bridgehead atoms. The molecule has 96 valence electrons. The third-order valence-corrected chi connectivity index (χ3v) is 1.96. The number of halogens is 4. The molecule has 0 spiro atoms. The van der Waals surface area contributed by atoms with Crippen LogP contribution in [-0.2, 0) is 9.53 Å². The molecule has 4 nitrogen and oxygen atoms in total. The standard InChI is InChI=1S/C8H13F3N2O2.ClH/c9-8(10,11)6-15-5-7(14)13-3-1-12-2-4-13;/h12H,1-6H2;1H. The Balaban J connectivity index is 0.00000225. The van der Waals surface area contributed by atoms with Crippen molar-refractivity contribution in [2.45, 2.75) is 6.18 Å². The summed E-state index contributed by atoms with van der Waals surface area (Å²) >= 11 is 0. The van der Waals surface area contributed by atoms with Crippen LogP contribution in [0.4, 0.5) is 13.2 Å². The number of nitrogens with zero attached hydrogens (tertiary/aromatic N) is 1. The van der Waals surface area contributed by atoms with E-state index in [0.717, 1.165) is 0 Å². The lowest BCUT2D eigenvalue weighted by molar-refractivity contribution is -0.177. The predicted molar refractivity (Wildman–Crippen MR) is 53.6 cm³/mol. The number of amides is 1. The van der Waals surface area contributed by atoms with Crippen LogP contribution in [0.3, 0.4) is 0 Å². The second-order valence-corrected chi connectivity index (χ2v) is 3.24. The second-order valence-electron chi connectivity index (χ2n) is 3.24. The van der Waals surface area contributed by atoms with Gasteiger partial charge in [-0.2, -0.15) is 13.2 Å². The minimum Gasteiger partial charge on any atom is -0.362 e. The van der Waals surface area contributed by atoms with Crippen molar-refractivity contribution in [3.63, 3.8) is 0 Å². The van der Waals surface area contributed by atoms with Gasteiger partial charge in [-0.15, -0.1) is 12.4 Å². The first kappa shape index (κ1) is 15.5. The molecule has 1 N–H and O–H groups in total. The number of carbonyl (C=O) groups is 1. The van der Waals surface area contributed by atoms with Crippen LogP contribution >= 0.6 is 12.4 Å². The maximum atomic E-state index is 11.7. The zero-order valence-corrected chi connectivity index (χ0v) is 9.36. The van der Waals surface area contributed by atoms with E-state index >= 15 is 0 Å². The fourth-order valence-corrected chi connectivity index (χ4v) is 1.26. The monoisotopic (exact) mass is 262 g/mol. The lowest BCUT2D eigenvalue weighted by Crippen LogP contribution is -2.47. The normalized spacial score (nSPS) is 16.8. The minimum atomic E-state index is -4.37. The van der Waals surface area contributed by atoms with Gasteiger partial charge in [0.05, 0.1) is 0 Å². The summed E-state index contributed by atoms with van der Waals surface area (Å²) in [6.45, 7) is 0.517. The van der Waals surface area contributed by atoms with Crippen LogP contribution < -0.4 is 5.32 Å². The van der Waals surface area contributed by atoms with E-state index in [-0.39, 0.29) is 18.3 Å². The van der Waals surface area contributed by atoms with Gasteiger partial charge in [-0.3, -0.25) is 4.79 Å². The van der Waals surface area contributed by atoms with Gasteiger partial charge in [0.25, 0.3) is 0 Å². The quantitative estimate of drug-likeness (QED) is 0.802. The number of piperazine rings is 1. The summed E-state index contributed by atoms with van der Waals surface area (Å²) < 4.78 is 39.3. The Bertz CT molecular complexity index is 220. The zero-order valence-electron chi connectivity index (χ0n) is 8.55. The molecule has 0 radical (unpaired) electrons. The van der Waals surface area contributed by atoms with Gasteiger partial charge in [0, 0.05) is 26.2 Å². The third kappa shape index (κ3) is 6.14. The second kappa shape index (κ2) is 6.93. The highest BCUT2D eigenvalue weighted by molar-refractivity contribution is 5.85. The van der Waals surface area contributed by atoms with Crippen LogP contribution in [0.15, 0.2) is 0 Å². The molecule has 16 heavy (non-hydrogen) atoms. The summed E-state index contributed by atoms with van der Waals surface area (Å²) in [4.78, 5) is 12.8. The molecular formula is C8H14ClF3N2O2. The first-order chi connectivity index (χ1) is 6.99. The van der Waals surface area contributed by atoms with Gasteiger partial charge in [-0.05, 0) is 0 Å². The number of hydrogen-bond acceptors (Lipinski definition) is 3. The Labute approximate surface area is 97.5 Å². The van der Waals surface area contributed by atoms with Crippen molar-refractivity contribution >= 4 is 18.3 Å². The van der Waals surface area contributed by atoms with E-state index < -0.39 is 19.4 Å². The average Bonchev–Trinajstić information content (AvgIpc) is 2.17. The lowest BCUT2D eigenvalue weighted by Gasteiger charge is -2.27. The van der Waals surface area contributed by atoms with Crippen molar-refractivity contribution in [3.05, 3.63) is 0 Å². The summed E-state index contributed by atoms with van der Waals surface area (Å²) in [5.74, 6) is -0.388. The molecule has 1 aliphatic rings. The molecule has 1 amide bonds. The third-order valence-electron chi connectivity index (χ3n) is 1.96. The number of carbonyl (C=O) groups excluding carboxylic acids is 1. The van der Waals surface area contributed by atoms with Crippen molar-refractivity contribution in [2.75, 3.05) is 39.4 Å². The Kier molecular flexibility index (Phi) is 6.70. The molecule has 0 aromatic rings. The molecule has 1 aliphatic heterocycles. The first-order valence-electron chi connectivity index (χ1n) is 4.62. The topological polar surface area (TPSA) is 41.6 Å². The molecule has 1 saturated heterocycles. The largest absolute Gasteiger partial charge is 0.411 e. The van der Waals surface area contributed by atoms with Gasteiger partial charge in [0.1, 0.15) is 13.2 Å². The Morgan fingerprint density at radius 2 is 1.88 bits per heavy atom. The smallest absolute Gasteiger partial charge is 0.362 e. The number of rotatable bonds is 3. The summed E-state index contributed by atoms with van der Waals surface area (Å²) in [5.41, 5.74) is 0. The van der Waals surface area contributed by atoms with Gasteiger partial charge in [-0.25, -0.2) is 0 Å². The molecule has 1 rings (SSSR count). The van der Waals surface area contributed by atoms with E-state index in [1.54, 1.807) is 0 Å². The molecule has 0 atom stereocenters. The molecule has 0 aliphatic carbocycles. The molecule has 1 fully saturated rings. The molecule has 0 saturated carbocycles. The van der Waals surface area contributed by atoms with Gasteiger partial charge >= 0.3 is 6.18 Å². The van der Waals surface area contributed by atoms with E-state index in [4.69, 9.17) is 0 Å². The van der Waals surface area contributed by atoms with E-state index in [9.17, 15) is 18.0 Å². The zero-order chi connectivity index (χ0) is 11.3. The van der Waals surface area contributed by atoms with Crippen LogP contribution in [-0.4, -0.2) is 56.4 Å². The van der Waals surface area contributed by atoms with Crippen molar-refractivity contribution in [1.29, 1.82) is 0 Å². The first-order valence-corrected chi connectivity index (χ1v) is 4.62. The Morgan fingerprint density at radius 3 is 2.38 bits per heavy atom. The van der Waals surface area contributed by atoms with E-state index in [1.807, 2.05) is 0 Å². The fourth-order valence-electron chi connectivity index (χ4n) is 1.26. The fraction of sp³-hybridized carbons (Fsp3) is 0.875. The molecule has 0 aromatic carbocycles. The van der Waals surface area contributed by atoms with Gasteiger partial charge in [0.2, 0.25) is 5.91 Å². The summed E-state index contributed by atoms with van der Waals surface area (Å²) in [5, 5.41) is 3.04. The van der Waals surface area contributed by atoms with Gasteiger partial charge in [-0.1, -0.05) is 0 Å². The predicted octanol–water partition coefficient (Wildman–Crippen LogP) is 0.419. The SMILES string of the molecule is Cl.O=C(COCC(F)(F)F)N1CCNCC1. The highest BCUT2D eigenvalue weighted by Crippen LogP contribution is 2.14.